The van der Waals surface area contributed by atoms with E-state index < -0.39 is 0 Å². The van der Waals surface area contributed by atoms with Crippen LogP contribution in [0, 0.1) is 6.92 Å². The number of morpholine rings is 1. The highest BCUT2D eigenvalue weighted by atomic mass is 16.5. The maximum Gasteiger partial charge on any atom is 0.179 e. The lowest BCUT2D eigenvalue weighted by Crippen LogP contribution is -2.37. The number of ether oxygens (including phenoxy) is 1. The van der Waals surface area contributed by atoms with Gasteiger partial charge < -0.3 is 15.0 Å². The predicted molar refractivity (Wildman–Crippen MR) is 124 cm³/mol. The minimum atomic E-state index is 0.527. The van der Waals surface area contributed by atoms with Crippen LogP contribution in [0.4, 0.5) is 11.6 Å². The molecular formula is C24H29N7O. The van der Waals surface area contributed by atoms with Crippen LogP contribution < -0.4 is 10.2 Å². The molecule has 1 aliphatic rings. The molecule has 1 saturated heterocycles. The molecule has 0 amide bonds. The molecule has 0 bridgehead atoms. The summed E-state index contributed by atoms with van der Waals surface area (Å²) in [4.78, 5) is 16.0. The molecule has 2 aromatic heterocycles. The van der Waals surface area contributed by atoms with Crippen LogP contribution in [0.3, 0.4) is 0 Å². The summed E-state index contributed by atoms with van der Waals surface area (Å²) in [5.41, 5.74) is 3.37. The number of hydrogen-bond donors (Lipinski definition) is 1. The van der Waals surface area contributed by atoms with Crippen molar-refractivity contribution in [3.05, 3.63) is 77.4 Å². The first-order chi connectivity index (χ1) is 15.8. The summed E-state index contributed by atoms with van der Waals surface area (Å²) in [5, 5.41) is 12.2. The molecule has 3 heterocycles. The molecule has 4 rings (SSSR count). The van der Waals surface area contributed by atoms with Crippen molar-refractivity contribution in [1.82, 2.24) is 20.3 Å². The number of rotatable bonds is 9. The molecular weight excluding hydrogens is 402 g/mol. The van der Waals surface area contributed by atoms with Crippen LogP contribution in [0.5, 0.6) is 0 Å². The van der Waals surface area contributed by atoms with Gasteiger partial charge >= 0.3 is 0 Å². The second-order valence-electron chi connectivity index (χ2n) is 7.74. The van der Waals surface area contributed by atoms with E-state index in [0.29, 0.717) is 38.5 Å². The fraction of sp³-hybridized carbons (Fsp3) is 0.375. The smallest absolute Gasteiger partial charge is 0.179 e. The Morgan fingerprint density at radius 3 is 2.78 bits per heavy atom. The fourth-order valence-corrected chi connectivity index (χ4v) is 3.51. The van der Waals surface area contributed by atoms with Gasteiger partial charge in [0.2, 0.25) is 0 Å². The van der Waals surface area contributed by atoms with E-state index in [2.05, 4.69) is 55.5 Å². The Morgan fingerprint density at radius 2 is 1.97 bits per heavy atom. The van der Waals surface area contributed by atoms with E-state index in [4.69, 9.17) is 9.72 Å². The first-order valence-corrected chi connectivity index (χ1v) is 11.0. The first kappa shape index (κ1) is 22.0. The summed E-state index contributed by atoms with van der Waals surface area (Å²) < 4.78 is 5.48. The standard InChI is InChI=1S/C24H29N7O/c1-19-5-4-6-20(15-19)17-27-30-23-16-24(31-11-13-32-14-12-31)29-22(28-23)8-10-25-18-21-7-2-3-9-26-21/h2-7,9,15-16,25H,8,10-14,17-18H2,1H3. The van der Waals surface area contributed by atoms with Gasteiger partial charge in [-0.1, -0.05) is 35.9 Å². The molecule has 8 nitrogen and oxygen atoms in total. The summed E-state index contributed by atoms with van der Waals surface area (Å²) in [6, 6.07) is 16.1. The Morgan fingerprint density at radius 1 is 1.06 bits per heavy atom. The van der Waals surface area contributed by atoms with E-state index in [1.807, 2.05) is 30.3 Å². The highest BCUT2D eigenvalue weighted by Crippen LogP contribution is 2.20. The second-order valence-corrected chi connectivity index (χ2v) is 7.74. The Balaban J connectivity index is 1.42. The molecule has 1 N–H and O–H groups in total. The zero-order valence-corrected chi connectivity index (χ0v) is 18.4. The lowest BCUT2D eigenvalue weighted by Gasteiger charge is -2.28. The topological polar surface area (TPSA) is 87.9 Å². The largest absolute Gasteiger partial charge is 0.378 e. The third-order valence-electron chi connectivity index (χ3n) is 5.15. The molecule has 166 valence electrons. The maximum atomic E-state index is 5.48. The van der Waals surface area contributed by atoms with E-state index in [1.54, 1.807) is 6.20 Å². The van der Waals surface area contributed by atoms with Gasteiger partial charge in [-0.25, -0.2) is 9.97 Å². The van der Waals surface area contributed by atoms with Gasteiger partial charge in [0.25, 0.3) is 0 Å². The highest BCUT2D eigenvalue weighted by Gasteiger charge is 2.15. The van der Waals surface area contributed by atoms with Crippen molar-refractivity contribution in [1.29, 1.82) is 0 Å². The van der Waals surface area contributed by atoms with Crippen molar-refractivity contribution in [2.45, 2.75) is 26.4 Å². The van der Waals surface area contributed by atoms with Crippen LogP contribution in [0.2, 0.25) is 0 Å². The average Bonchev–Trinajstić information content (AvgIpc) is 2.83. The SMILES string of the molecule is Cc1cccc(CN=Nc2cc(N3CCOCC3)nc(CCNCc3ccccn3)n2)c1. The molecule has 32 heavy (non-hydrogen) atoms. The van der Waals surface area contributed by atoms with Crippen LogP contribution >= 0.6 is 0 Å². The van der Waals surface area contributed by atoms with Crippen LogP contribution in [-0.2, 0) is 24.2 Å². The molecule has 0 unspecified atom stereocenters. The second kappa shape index (κ2) is 11.4. The number of hydrogen-bond acceptors (Lipinski definition) is 8. The predicted octanol–water partition coefficient (Wildman–Crippen LogP) is 3.63. The number of benzene rings is 1. The monoisotopic (exact) mass is 431 g/mol. The van der Waals surface area contributed by atoms with E-state index in [0.717, 1.165) is 42.5 Å². The Labute approximate surface area is 188 Å². The van der Waals surface area contributed by atoms with Crippen molar-refractivity contribution in [3.63, 3.8) is 0 Å². The molecule has 0 radical (unpaired) electrons. The minimum Gasteiger partial charge on any atom is -0.378 e. The summed E-state index contributed by atoms with van der Waals surface area (Å²) in [7, 11) is 0. The van der Waals surface area contributed by atoms with Gasteiger partial charge in [0.15, 0.2) is 5.82 Å². The van der Waals surface area contributed by atoms with Crippen molar-refractivity contribution in [3.8, 4) is 0 Å². The Kier molecular flexibility index (Phi) is 7.84. The first-order valence-electron chi connectivity index (χ1n) is 11.0. The number of pyridine rings is 1. The minimum absolute atomic E-state index is 0.527. The molecule has 1 fully saturated rings. The Hall–Kier alpha value is -3.23. The molecule has 3 aromatic rings. The molecule has 8 heteroatoms. The number of nitrogens with zero attached hydrogens (tertiary/aromatic N) is 6. The van der Waals surface area contributed by atoms with Crippen molar-refractivity contribution in [2.75, 3.05) is 37.7 Å². The quantitative estimate of drug-likeness (QED) is 0.411. The summed E-state index contributed by atoms with van der Waals surface area (Å²) in [6.07, 6.45) is 2.51. The molecule has 0 aliphatic carbocycles. The summed E-state index contributed by atoms with van der Waals surface area (Å²) >= 11 is 0. The third-order valence-corrected chi connectivity index (χ3v) is 5.15. The molecule has 0 spiro atoms. The van der Waals surface area contributed by atoms with Crippen molar-refractivity contribution >= 4 is 11.6 Å². The lowest BCUT2D eigenvalue weighted by molar-refractivity contribution is 0.122. The lowest BCUT2D eigenvalue weighted by atomic mass is 10.1. The van der Waals surface area contributed by atoms with Crippen molar-refractivity contribution < 1.29 is 4.74 Å². The third kappa shape index (κ3) is 6.63. The average molecular weight is 432 g/mol. The summed E-state index contributed by atoms with van der Waals surface area (Å²) in [6.45, 7) is 7.11. The fourth-order valence-electron chi connectivity index (χ4n) is 3.51. The molecule has 1 aromatic carbocycles. The number of anilines is 1. The van der Waals surface area contributed by atoms with E-state index in [9.17, 15) is 0 Å². The summed E-state index contributed by atoms with van der Waals surface area (Å²) in [5.74, 6) is 2.23. The van der Waals surface area contributed by atoms with Gasteiger partial charge in [-0.15, -0.1) is 5.11 Å². The van der Waals surface area contributed by atoms with E-state index in [1.165, 1.54) is 5.56 Å². The number of azo groups is 1. The Bertz CT molecular complexity index is 1020. The van der Waals surface area contributed by atoms with Gasteiger partial charge in [-0.3, -0.25) is 4.98 Å². The van der Waals surface area contributed by atoms with Crippen LogP contribution in [0.15, 0.2) is 65.0 Å². The van der Waals surface area contributed by atoms with Crippen LogP contribution in [0.25, 0.3) is 0 Å². The van der Waals surface area contributed by atoms with Gasteiger partial charge in [0.1, 0.15) is 11.6 Å². The maximum absolute atomic E-state index is 5.48. The molecule has 0 atom stereocenters. The normalized spacial score (nSPS) is 14.2. The van der Waals surface area contributed by atoms with Crippen molar-refractivity contribution in [2.24, 2.45) is 10.2 Å². The highest BCUT2D eigenvalue weighted by molar-refractivity contribution is 5.46. The molecule has 1 aliphatic heterocycles. The zero-order chi connectivity index (χ0) is 22.0. The zero-order valence-electron chi connectivity index (χ0n) is 18.4. The van der Waals surface area contributed by atoms with Crippen LogP contribution in [-0.4, -0.2) is 47.8 Å². The van der Waals surface area contributed by atoms with Gasteiger partial charge in [-0.2, -0.15) is 5.11 Å². The van der Waals surface area contributed by atoms with E-state index >= 15 is 0 Å². The molecule has 0 saturated carbocycles. The number of aromatic nitrogens is 3. The number of aryl methyl sites for hydroxylation is 1. The van der Waals surface area contributed by atoms with Crippen LogP contribution in [0.1, 0.15) is 22.6 Å². The van der Waals surface area contributed by atoms with E-state index in [-0.39, 0.29) is 0 Å². The number of nitrogens with one attached hydrogen (secondary N) is 1. The van der Waals surface area contributed by atoms with Gasteiger partial charge in [0, 0.05) is 44.9 Å². The van der Waals surface area contributed by atoms with Gasteiger partial charge in [0.05, 0.1) is 25.5 Å². The van der Waals surface area contributed by atoms with Gasteiger partial charge in [-0.05, 0) is 24.6 Å².